The summed E-state index contributed by atoms with van der Waals surface area (Å²) in [6.07, 6.45) is 5.39. The van der Waals surface area contributed by atoms with Crippen molar-refractivity contribution in [2.75, 3.05) is 0 Å². The van der Waals surface area contributed by atoms with Gasteiger partial charge in [-0.05, 0) is 30.1 Å². The second-order valence-corrected chi connectivity index (χ2v) is 6.80. The summed E-state index contributed by atoms with van der Waals surface area (Å²) in [5.41, 5.74) is 2.50. The number of rotatable bonds is 2. The van der Waals surface area contributed by atoms with Crippen LogP contribution in [0.4, 0.5) is 0 Å². The number of imide groups is 1. The largest absolute Gasteiger partial charge is 0.273 e. The summed E-state index contributed by atoms with van der Waals surface area (Å²) >= 11 is 0. The van der Waals surface area contributed by atoms with Gasteiger partial charge in [-0.15, -0.1) is 0 Å². The summed E-state index contributed by atoms with van der Waals surface area (Å²) in [5, 5.41) is 0.995. The highest BCUT2D eigenvalue weighted by Crippen LogP contribution is 2.65. The molecule has 1 N–H and O–H groups in total. The predicted molar refractivity (Wildman–Crippen MR) is 69.5 cm³/mol. The molecule has 5 nitrogen and oxygen atoms in total. The Morgan fingerprint density at radius 3 is 2.10 bits per heavy atom. The smallest absolute Gasteiger partial charge is 0.252 e. The molecule has 3 amide bonds. The molecule has 0 aromatic heterocycles. The molecule has 4 aliphatic carbocycles. The summed E-state index contributed by atoms with van der Waals surface area (Å²) < 4.78 is 0. The molecule has 1 aliphatic heterocycles. The number of nitrogens with zero attached hydrogens (tertiary/aromatic N) is 1. The molecule has 0 aromatic rings. The van der Waals surface area contributed by atoms with Gasteiger partial charge in [0.2, 0.25) is 5.91 Å². The van der Waals surface area contributed by atoms with Gasteiger partial charge >= 0.3 is 0 Å². The molecule has 3 fully saturated rings. The third-order valence-corrected chi connectivity index (χ3v) is 5.41. The molecule has 2 saturated carbocycles. The van der Waals surface area contributed by atoms with Crippen LogP contribution in [-0.2, 0) is 14.4 Å². The second-order valence-electron chi connectivity index (χ2n) is 6.80. The van der Waals surface area contributed by atoms with Gasteiger partial charge in [-0.3, -0.25) is 19.8 Å². The van der Waals surface area contributed by atoms with Gasteiger partial charge in [-0.1, -0.05) is 26.0 Å². The summed E-state index contributed by atoms with van der Waals surface area (Å²) in [6, 6.07) is 0. The van der Waals surface area contributed by atoms with Gasteiger partial charge in [0.05, 0.1) is 11.8 Å². The minimum absolute atomic E-state index is 0.201. The second kappa shape index (κ2) is 3.71. The fraction of sp³-hybridized carbons (Fsp3) is 0.667. The number of hydrogen-bond donors (Lipinski definition) is 1. The Morgan fingerprint density at radius 2 is 1.65 bits per heavy atom. The Hall–Kier alpha value is -1.65. The number of hydrazine groups is 1. The molecule has 106 valence electrons. The lowest BCUT2D eigenvalue weighted by Gasteiger charge is -2.37. The topological polar surface area (TPSA) is 66.5 Å². The SMILES string of the molecule is CC(C)C(=O)NN1C(=O)[C@@H]2[C@H]3C=C[C@@H]([C@@H]4C[C@H]34)[C@H]2C1=O. The summed E-state index contributed by atoms with van der Waals surface area (Å²) in [6.45, 7) is 3.49. The van der Waals surface area contributed by atoms with Crippen molar-refractivity contribution in [3.8, 4) is 0 Å². The summed E-state index contributed by atoms with van der Waals surface area (Å²) in [7, 11) is 0. The van der Waals surface area contributed by atoms with Crippen molar-refractivity contribution in [3.63, 3.8) is 0 Å². The lowest BCUT2D eigenvalue weighted by molar-refractivity contribution is -0.150. The van der Waals surface area contributed by atoms with E-state index < -0.39 is 0 Å². The van der Waals surface area contributed by atoms with E-state index in [1.54, 1.807) is 13.8 Å². The summed E-state index contributed by atoms with van der Waals surface area (Å²) in [5.74, 6) is 0.143. The molecule has 5 aliphatic rings. The highest BCUT2D eigenvalue weighted by Gasteiger charge is 2.67. The van der Waals surface area contributed by atoms with Crippen LogP contribution in [-0.4, -0.2) is 22.7 Å². The van der Waals surface area contributed by atoms with E-state index in [0.717, 1.165) is 11.4 Å². The van der Waals surface area contributed by atoms with Crippen LogP contribution in [0.25, 0.3) is 0 Å². The van der Waals surface area contributed by atoms with Gasteiger partial charge in [-0.2, -0.15) is 5.01 Å². The van der Waals surface area contributed by atoms with E-state index >= 15 is 0 Å². The van der Waals surface area contributed by atoms with Gasteiger partial charge in [0.25, 0.3) is 11.8 Å². The van der Waals surface area contributed by atoms with E-state index in [2.05, 4.69) is 17.6 Å². The molecule has 1 heterocycles. The molecular weight excluding hydrogens is 256 g/mol. The van der Waals surface area contributed by atoms with Crippen molar-refractivity contribution in [2.24, 2.45) is 41.4 Å². The first-order chi connectivity index (χ1) is 9.50. The van der Waals surface area contributed by atoms with Crippen LogP contribution in [0.1, 0.15) is 20.3 Å². The number of hydrogen-bond acceptors (Lipinski definition) is 3. The highest BCUT2D eigenvalue weighted by atomic mass is 16.2. The van der Waals surface area contributed by atoms with Crippen molar-refractivity contribution in [3.05, 3.63) is 12.2 Å². The third-order valence-electron chi connectivity index (χ3n) is 5.41. The molecule has 0 radical (unpaired) electrons. The standard InChI is InChI=1S/C15H18N2O3/c1-6(2)13(18)16-17-14(19)11-7-3-4-8(10-5-9(7)10)12(11)15(17)20/h3-4,6-12H,5H2,1-2H3,(H,16,18)/t7-,8-,9-,10+,11+,12+/m0/s1. The van der Waals surface area contributed by atoms with Crippen LogP contribution in [0, 0.1) is 41.4 Å². The van der Waals surface area contributed by atoms with Crippen molar-refractivity contribution in [1.82, 2.24) is 10.4 Å². The van der Waals surface area contributed by atoms with Gasteiger partial charge in [0, 0.05) is 5.92 Å². The van der Waals surface area contributed by atoms with Crippen molar-refractivity contribution in [1.29, 1.82) is 0 Å². The molecule has 6 atom stereocenters. The first-order valence-electron chi connectivity index (χ1n) is 7.37. The van der Waals surface area contributed by atoms with Crippen LogP contribution in [0.3, 0.4) is 0 Å². The normalized spacial score (nSPS) is 43.9. The van der Waals surface area contributed by atoms with Crippen molar-refractivity contribution >= 4 is 17.7 Å². The lowest BCUT2D eigenvalue weighted by Crippen LogP contribution is -2.48. The molecule has 1 saturated heterocycles. The Balaban J connectivity index is 1.63. The maximum Gasteiger partial charge on any atom is 0.252 e. The van der Waals surface area contributed by atoms with E-state index in [4.69, 9.17) is 0 Å². The zero-order valence-corrected chi connectivity index (χ0v) is 11.6. The quantitative estimate of drug-likeness (QED) is 0.596. The maximum absolute atomic E-state index is 12.5. The average Bonchev–Trinajstić information content (AvgIpc) is 3.20. The zero-order valence-electron chi connectivity index (χ0n) is 11.6. The summed E-state index contributed by atoms with van der Waals surface area (Å²) in [4.78, 5) is 36.8. The highest BCUT2D eigenvalue weighted by molar-refractivity contribution is 6.07. The van der Waals surface area contributed by atoms with E-state index in [1.165, 1.54) is 0 Å². The zero-order chi connectivity index (χ0) is 14.2. The average molecular weight is 274 g/mol. The fourth-order valence-electron chi connectivity index (χ4n) is 4.31. The Kier molecular flexibility index (Phi) is 2.25. The monoisotopic (exact) mass is 274 g/mol. The predicted octanol–water partition coefficient (Wildman–Crippen LogP) is 0.727. The van der Waals surface area contributed by atoms with Gasteiger partial charge in [-0.25, -0.2) is 0 Å². The van der Waals surface area contributed by atoms with E-state index in [-0.39, 0.29) is 47.3 Å². The molecule has 20 heavy (non-hydrogen) atoms. The van der Waals surface area contributed by atoms with Gasteiger partial charge < -0.3 is 0 Å². The minimum Gasteiger partial charge on any atom is -0.273 e. The van der Waals surface area contributed by atoms with Crippen LogP contribution >= 0.6 is 0 Å². The molecule has 5 rings (SSSR count). The van der Waals surface area contributed by atoms with Crippen LogP contribution in [0.15, 0.2) is 12.2 Å². The van der Waals surface area contributed by atoms with Crippen molar-refractivity contribution in [2.45, 2.75) is 20.3 Å². The molecular formula is C15H18N2O3. The Bertz CT molecular complexity index is 517. The number of allylic oxidation sites excluding steroid dienone is 2. The lowest BCUT2D eigenvalue weighted by atomic mass is 9.63. The molecule has 0 spiro atoms. The van der Waals surface area contributed by atoms with E-state index in [1.807, 2.05) is 0 Å². The van der Waals surface area contributed by atoms with Gasteiger partial charge in [0.15, 0.2) is 0 Å². The first-order valence-corrected chi connectivity index (χ1v) is 7.37. The minimum atomic E-state index is -0.282. The molecule has 5 heteroatoms. The molecule has 0 unspecified atom stereocenters. The van der Waals surface area contributed by atoms with Crippen LogP contribution in [0.5, 0.6) is 0 Å². The first kappa shape index (κ1) is 12.1. The number of carbonyl (C=O) groups excluding carboxylic acids is 3. The Morgan fingerprint density at radius 1 is 1.15 bits per heavy atom. The molecule has 0 aromatic carbocycles. The maximum atomic E-state index is 12.5. The number of amides is 3. The van der Waals surface area contributed by atoms with E-state index in [0.29, 0.717) is 11.8 Å². The Labute approximate surface area is 117 Å². The van der Waals surface area contributed by atoms with Gasteiger partial charge in [0.1, 0.15) is 0 Å². The molecule has 2 bridgehead atoms. The number of nitrogens with one attached hydrogen (secondary N) is 1. The van der Waals surface area contributed by atoms with Crippen molar-refractivity contribution < 1.29 is 14.4 Å². The number of carbonyl (C=O) groups is 3. The third kappa shape index (κ3) is 1.35. The van der Waals surface area contributed by atoms with E-state index in [9.17, 15) is 14.4 Å². The fourth-order valence-corrected chi connectivity index (χ4v) is 4.31. The van der Waals surface area contributed by atoms with Crippen LogP contribution < -0.4 is 5.43 Å². The van der Waals surface area contributed by atoms with Crippen LogP contribution in [0.2, 0.25) is 0 Å².